The van der Waals surface area contributed by atoms with Gasteiger partial charge in [-0.2, -0.15) is 0 Å². The fourth-order valence-corrected chi connectivity index (χ4v) is 2.19. The molecule has 16 heavy (non-hydrogen) atoms. The van der Waals surface area contributed by atoms with E-state index in [0.717, 1.165) is 11.3 Å². The predicted octanol–water partition coefficient (Wildman–Crippen LogP) is 2.87. The molecule has 0 bridgehead atoms. The van der Waals surface area contributed by atoms with Gasteiger partial charge < -0.3 is 5.11 Å². The molecule has 1 aromatic carbocycles. The molecule has 82 valence electrons. The molecule has 0 unspecified atom stereocenters. The van der Waals surface area contributed by atoms with Gasteiger partial charge in [0, 0.05) is 23.0 Å². The van der Waals surface area contributed by atoms with Crippen LogP contribution in [0.2, 0.25) is 0 Å². The van der Waals surface area contributed by atoms with Crippen molar-refractivity contribution in [1.82, 2.24) is 4.98 Å². The van der Waals surface area contributed by atoms with Crippen molar-refractivity contribution in [2.24, 2.45) is 0 Å². The standard InChI is InChI=1S/C13H13NOS/c15-9-11-1-3-13(4-2-11)16-10-12-5-7-14-8-6-12/h1-8,15H,9-10H2. The zero-order valence-electron chi connectivity index (χ0n) is 8.84. The molecule has 0 radical (unpaired) electrons. The summed E-state index contributed by atoms with van der Waals surface area (Å²) in [4.78, 5) is 5.20. The van der Waals surface area contributed by atoms with E-state index in [2.05, 4.69) is 4.98 Å². The topological polar surface area (TPSA) is 33.1 Å². The number of benzene rings is 1. The molecule has 0 aliphatic carbocycles. The molecule has 0 fully saturated rings. The Bertz CT molecular complexity index is 427. The zero-order chi connectivity index (χ0) is 11.2. The highest BCUT2D eigenvalue weighted by molar-refractivity contribution is 7.98. The Labute approximate surface area is 99.4 Å². The van der Waals surface area contributed by atoms with Crippen LogP contribution in [0.25, 0.3) is 0 Å². The molecule has 2 aromatic rings. The second kappa shape index (κ2) is 5.68. The van der Waals surface area contributed by atoms with Crippen LogP contribution in [-0.2, 0) is 12.4 Å². The van der Waals surface area contributed by atoms with E-state index in [-0.39, 0.29) is 6.61 Å². The van der Waals surface area contributed by atoms with Gasteiger partial charge in [0.1, 0.15) is 0 Å². The lowest BCUT2D eigenvalue weighted by atomic mass is 10.2. The summed E-state index contributed by atoms with van der Waals surface area (Å²) in [6.45, 7) is 0.106. The van der Waals surface area contributed by atoms with E-state index in [1.54, 1.807) is 11.8 Å². The normalized spacial score (nSPS) is 10.3. The lowest BCUT2D eigenvalue weighted by molar-refractivity contribution is 0.282. The number of hydrogen-bond donors (Lipinski definition) is 1. The molecule has 0 atom stereocenters. The quantitative estimate of drug-likeness (QED) is 0.821. The molecular formula is C13H13NOS. The Morgan fingerprint density at radius 3 is 2.25 bits per heavy atom. The van der Waals surface area contributed by atoms with Gasteiger partial charge in [0.25, 0.3) is 0 Å². The number of aromatic nitrogens is 1. The van der Waals surface area contributed by atoms with Crippen LogP contribution in [0.15, 0.2) is 53.7 Å². The van der Waals surface area contributed by atoms with Crippen LogP contribution in [0.1, 0.15) is 11.1 Å². The summed E-state index contributed by atoms with van der Waals surface area (Å²) in [5.74, 6) is 0.945. The Balaban J connectivity index is 1.94. The highest BCUT2D eigenvalue weighted by Gasteiger charge is 1.96. The van der Waals surface area contributed by atoms with Crippen molar-refractivity contribution in [3.8, 4) is 0 Å². The van der Waals surface area contributed by atoms with Crippen LogP contribution >= 0.6 is 11.8 Å². The SMILES string of the molecule is OCc1ccc(SCc2ccncc2)cc1. The summed E-state index contributed by atoms with van der Waals surface area (Å²) in [6, 6.07) is 12.0. The summed E-state index contributed by atoms with van der Waals surface area (Å²) >= 11 is 1.78. The van der Waals surface area contributed by atoms with Gasteiger partial charge in [-0.15, -0.1) is 11.8 Å². The van der Waals surface area contributed by atoms with E-state index in [1.807, 2.05) is 48.8 Å². The van der Waals surface area contributed by atoms with Gasteiger partial charge in [-0.25, -0.2) is 0 Å². The minimum absolute atomic E-state index is 0.106. The van der Waals surface area contributed by atoms with Gasteiger partial charge in [0.2, 0.25) is 0 Å². The van der Waals surface area contributed by atoms with Crippen LogP contribution in [0, 0.1) is 0 Å². The molecular weight excluding hydrogens is 218 g/mol. The first-order valence-corrected chi connectivity index (χ1v) is 6.08. The van der Waals surface area contributed by atoms with Crippen molar-refractivity contribution in [2.45, 2.75) is 17.3 Å². The molecule has 1 N–H and O–H groups in total. The third-order valence-corrected chi connectivity index (χ3v) is 3.34. The fraction of sp³-hybridized carbons (Fsp3) is 0.154. The van der Waals surface area contributed by atoms with E-state index in [9.17, 15) is 0 Å². The van der Waals surface area contributed by atoms with Crippen LogP contribution in [0.5, 0.6) is 0 Å². The molecule has 0 amide bonds. The number of rotatable bonds is 4. The Morgan fingerprint density at radius 1 is 0.938 bits per heavy atom. The fourth-order valence-electron chi connectivity index (χ4n) is 1.34. The first-order valence-electron chi connectivity index (χ1n) is 5.10. The average molecular weight is 231 g/mol. The Hall–Kier alpha value is -1.32. The molecule has 0 spiro atoms. The second-order valence-corrected chi connectivity index (χ2v) is 4.49. The van der Waals surface area contributed by atoms with Gasteiger partial charge >= 0.3 is 0 Å². The number of pyridine rings is 1. The van der Waals surface area contributed by atoms with Crippen molar-refractivity contribution in [3.05, 3.63) is 59.9 Å². The van der Waals surface area contributed by atoms with Gasteiger partial charge in [-0.1, -0.05) is 12.1 Å². The van der Waals surface area contributed by atoms with E-state index in [0.29, 0.717) is 0 Å². The largest absolute Gasteiger partial charge is 0.392 e. The summed E-state index contributed by atoms with van der Waals surface area (Å²) in [5, 5.41) is 8.92. The summed E-state index contributed by atoms with van der Waals surface area (Å²) in [6.07, 6.45) is 3.62. The van der Waals surface area contributed by atoms with Crippen LogP contribution < -0.4 is 0 Å². The maximum atomic E-state index is 8.92. The summed E-state index contributed by atoms with van der Waals surface area (Å²) in [5.41, 5.74) is 2.22. The van der Waals surface area contributed by atoms with E-state index >= 15 is 0 Å². The minimum Gasteiger partial charge on any atom is -0.392 e. The molecule has 1 aromatic heterocycles. The van der Waals surface area contributed by atoms with Crippen LogP contribution in [-0.4, -0.2) is 10.1 Å². The first kappa shape index (κ1) is 11.2. The molecule has 0 saturated carbocycles. The van der Waals surface area contributed by atoms with Gasteiger partial charge in [-0.05, 0) is 35.4 Å². The van der Waals surface area contributed by atoms with Crippen molar-refractivity contribution in [2.75, 3.05) is 0 Å². The first-order chi connectivity index (χ1) is 7.88. The average Bonchev–Trinajstić information content (AvgIpc) is 2.38. The molecule has 3 heteroatoms. The zero-order valence-corrected chi connectivity index (χ0v) is 9.65. The van der Waals surface area contributed by atoms with Crippen LogP contribution in [0.4, 0.5) is 0 Å². The predicted molar refractivity (Wildman–Crippen MR) is 66.2 cm³/mol. The Morgan fingerprint density at radius 2 is 1.62 bits per heavy atom. The molecule has 0 saturated heterocycles. The van der Waals surface area contributed by atoms with Crippen molar-refractivity contribution >= 4 is 11.8 Å². The van der Waals surface area contributed by atoms with Crippen molar-refractivity contribution < 1.29 is 5.11 Å². The van der Waals surface area contributed by atoms with Crippen LogP contribution in [0.3, 0.4) is 0 Å². The third-order valence-electron chi connectivity index (χ3n) is 2.26. The molecule has 0 aliphatic heterocycles. The van der Waals surface area contributed by atoms with E-state index in [1.165, 1.54) is 10.5 Å². The number of hydrogen-bond acceptors (Lipinski definition) is 3. The highest BCUT2D eigenvalue weighted by atomic mass is 32.2. The lowest BCUT2D eigenvalue weighted by Crippen LogP contribution is -1.83. The number of aliphatic hydroxyl groups is 1. The molecule has 1 heterocycles. The third kappa shape index (κ3) is 3.08. The van der Waals surface area contributed by atoms with Gasteiger partial charge in [-0.3, -0.25) is 4.98 Å². The number of aliphatic hydroxyl groups excluding tert-OH is 1. The van der Waals surface area contributed by atoms with Gasteiger partial charge in [0.15, 0.2) is 0 Å². The lowest BCUT2D eigenvalue weighted by Gasteiger charge is -2.02. The second-order valence-electron chi connectivity index (χ2n) is 3.45. The molecule has 2 rings (SSSR count). The monoisotopic (exact) mass is 231 g/mol. The summed E-state index contributed by atoms with van der Waals surface area (Å²) in [7, 11) is 0. The smallest absolute Gasteiger partial charge is 0.0681 e. The summed E-state index contributed by atoms with van der Waals surface area (Å²) < 4.78 is 0. The molecule has 2 nitrogen and oxygen atoms in total. The molecule has 0 aliphatic rings. The maximum absolute atomic E-state index is 8.92. The van der Waals surface area contributed by atoms with E-state index in [4.69, 9.17) is 5.11 Å². The number of nitrogens with zero attached hydrogens (tertiary/aromatic N) is 1. The van der Waals surface area contributed by atoms with Gasteiger partial charge in [0.05, 0.1) is 6.61 Å². The Kier molecular flexibility index (Phi) is 3.97. The van der Waals surface area contributed by atoms with Crippen molar-refractivity contribution in [1.29, 1.82) is 0 Å². The number of thioether (sulfide) groups is 1. The van der Waals surface area contributed by atoms with Crippen molar-refractivity contribution in [3.63, 3.8) is 0 Å². The van der Waals surface area contributed by atoms with E-state index < -0.39 is 0 Å². The highest BCUT2D eigenvalue weighted by Crippen LogP contribution is 2.22. The minimum atomic E-state index is 0.106. The maximum Gasteiger partial charge on any atom is 0.0681 e.